The second kappa shape index (κ2) is 10.9. The molecule has 0 saturated carbocycles. The summed E-state index contributed by atoms with van der Waals surface area (Å²) in [5.41, 5.74) is 0.0482. The lowest BCUT2D eigenvalue weighted by Crippen LogP contribution is -2.37. The van der Waals surface area contributed by atoms with Crippen LogP contribution in [0.25, 0.3) is 10.8 Å². The maximum atomic E-state index is 13.5. The molecule has 0 fully saturated rings. The Hall–Kier alpha value is -3.85. The van der Waals surface area contributed by atoms with Gasteiger partial charge >= 0.3 is 16.3 Å². The quantitative estimate of drug-likeness (QED) is 0.224. The molecule has 0 aliphatic heterocycles. The van der Waals surface area contributed by atoms with Crippen LogP contribution in [0.2, 0.25) is 0 Å². The molecule has 4 aromatic rings. The van der Waals surface area contributed by atoms with Gasteiger partial charge in [-0.3, -0.25) is 4.79 Å². The predicted octanol–water partition coefficient (Wildman–Crippen LogP) is 7.07. The van der Waals surface area contributed by atoms with Gasteiger partial charge in [0.2, 0.25) is 0 Å². The van der Waals surface area contributed by atoms with Crippen LogP contribution in [0.3, 0.4) is 0 Å². The second-order valence-corrected chi connectivity index (χ2v) is 10.5. The van der Waals surface area contributed by atoms with Crippen molar-refractivity contribution in [2.45, 2.75) is 43.9 Å². The number of nitrogens with zero attached hydrogens (tertiary/aromatic N) is 1. The summed E-state index contributed by atoms with van der Waals surface area (Å²) in [6, 6.07) is 22.7. The lowest BCUT2D eigenvalue weighted by atomic mass is 10.0. The van der Waals surface area contributed by atoms with Gasteiger partial charge in [0.15, 0.2) is 0 Å². The molecule has 38 heavy (non-hydrogen) atoms. The summed E-state index contributed by atoms with van der Waals surface area (Å²) >= 11 is 0. The molecule has 0 radical (unpaired) electrons. The molecule has 9 heteroatoms. The number of fused-ring (bicyclic) bond motifs is 1. The number of alkyl halides is 3. The SMILES string of the molecule is CCC(C)N(Cc1cccc(OS(=O)(=O)c2cccc(C(F)(F)F)c2)c1)C(=O)c1ccc2ccccc2c1. The molecule has 1 atom stereocenters. The highest BCUT2D eigenvalue weighted by Gasteiger charge is 2.32. The Morgan fingerprint density at radius 3 is 2.32 bits per heavy atom. The number of rotatable bonds is 8. The van der Waals surface area contributed by atoms with Crippen molar-refractivity contribution < 1.29 is 30.6 Å². The van der Waals surface area contributed by atoms with Crippen molar-refractivity contribution >= 4 is 26.8 Å². The lowest BCUT2D eigenvalue weighted by Gasteiger charge is -2.29. The van der Waals surface area contributed by atoms with Crippen molar-refractivity contribution in [3.63, 3.8) is 0 Å². The highest BCUT2D eigenvalue weighted by Crippen LogP contribution is 2.31. The Morgan fingerprint density at radius 1 is 0.895 bits per heavy atom. The van der Waals surface area contributed by atoms with Crippen molar-refractivity contribution in [3.05, 3.63) is 108 Å². The van der Waals surface area contributed by atoms with Gasteiger partial charge in [0.05, 0.1) is 5.56 Å². The van der Waals surface area contributed by atoms with Crippen LogP contribution in [-0.4, -0.2) is 25.3 Å². The Balaban J connectivity index is 1.58. The Bertz CT molecular complexity index is 1570. The third-order valence-corrected chi connectivity index (χ3v) is 7.53. The van der Waals surface area contributed by atoms with E-state index in [0.717, 1.165) is 29.0 Å². The van der Waals surface area contributed by atoms with Gasteiger partial charge in [-0.2, -0.15) is 21.6 Å². The molecule has 1 unspecified atom stereocenters. The van der Waals surface area contributed by atoms with Gasteiger partial charge in [-0.05, 0) is 72.1 Å². The van der Waals surface area contributed by atoms with Crippen LogP contribution in [0.1, 0.15) is 41.8 Å². The molecule has 0 saturated heterocycles. The molecule has 4 rings (SSSR count). The third-order valence-electron chi connectivity index (χ3n) is 6.29. The molecule has 1 amide bonds. The highest BCUT2D eigenvalue weighted by atomic mass is 32.2. The van der Waals surface area contributed by atoms with E-state index in [1.54, 1.807) is 23.1 Å². The summed E-state index contributed by atoms with van der Waals surface area (Å²) in [5.74, 6) is -0.241. The van der Waals surface area contributed by atoms with Crippen LogP contribution in [-0.2, 0) is 22.8 Å². The molecular formula is C29H26F3NO4S. The van der Waals surface area contributed by atoms with Crippen LogP contribution < -0.4 is 4.18 Å². The van der Waals surface area contributed by atoms with E-state index in [1.807, 2.05) is 50.2 Å². The van der Waals surface area contributed by atoms with E-state index in [2.05, 4.69) is 0 Å². The minimum absolute atomic E-state index is 0.0674. The Morgan fingerprint density at radius 2 is 1.61 bits per heavy atom. The van der Waals surface area contributed by atoms with Crippen LogP contribution in [0.5, 0.6) is 5.75 Å². The minimum atomic E-state index is -4.69. The molecule has 4 aromatic carbocycles. The Labute approximate surface area is 219 Å². The first-order chi connectivity index (χ1) is 18.0. The fourth-order valence-electron chi connectivity index (χ4n) is 4.03. The van der Waals surface area contributed by atoms with Crippen LogP contribution >= 0.6 is 0 Å². The third kappa shape index (κ3) is 6.16. The van der Waals surface area contributed by atoms with E-state index in [0.29, 0.717) is 23.6 Å². The maximum absolute atomic E-state index is 13.5. The van der Waals surface area contributed by atoms with Gasteiger partial charge in [0.25, 0.3) is 5.91 Å². The zero-order valence-electron chi connectivity index (χ0n) is 20.8. The molecule has 198 valence electrons. The zero-order chi connectivity index (χ0) is 27.5. The molecule has 0 spiro atoms. The summed E-state index contributed by atoms with van der Waals surface area (Å²) in [6.07, 6.45) is -4.00. The van der Waals surface area contributed by atoms with Crippen molar-refractivity contribution in [3.8, 4) is 5.75 Å². The maximum Gasteiger partial charge on any atom is 0.416 e. The molecular weight excluding hydrogens is 515 g/mol. The largest absolute Gasteiger partial charge is 0.416 e. The van der Waals surface area contributed by atoms with E-state index < -0.39 is 26.8 Å². The number of halogens is 3. The first-order valence-corrected chi connectivity index (χ1v) is 13.4. The molecule has 0 heterocycles. The second-order valence-electron chi connectivity index (χ2n) is 8.96. The number of hydrogen-bond donors (Lipinski definition) is 0. The van der Waals surface area contributed by atoms with Crippen LogP contribution in [0.4, 0.5) is 13.2 Å². The van der Waals surface area contributed by atoms with Gasteiger partial charge in [0, 0.05) is 18.2 Å². The standard InChI is InChI=1S/C29H26F3NO4S/c1-3-20(2)33(28(34)24-15-14-22-9-4-5-10-23(22)17-24)19-21-8-6-12-26(16-21)37-38(35,36)27-13-7-11-25(18-27)29(30,31)32/h4-18,20H,3,19H2,1-2H3. The van der Waals surface area contributed by atoms with E-state index in [9.17, 15) is 26.4 Å². The molecule has 0 aliphatic carbocycles. The van der Waals surface area contributed by atoms with Gasteiger partial charge in [-0.1, -0.05) is 55.5 Å². The Kier molecular flexibility index (Phi) is 7.78. The zero-order valence-corrected chi connectivity index (χ0v) is 21.6. The molecule has 0 bridgehead atoms. The monoisotopic (exact) mass is 541 g/mol. The molecule has 0 aliphatic rings. The fourth-order valence-corrected chi connectivity index (χ4v) is 5.00. The predicted molar refractivity (Wildman–Crippen MR) is 139 cm³/mol. The highest BCUT2D eigenvalue weighted by molar-refractivity contribution is 7.87. The minimum Gasteiger partial charge on any atom is -0.379 e. The summed E-state index contributed by atoms with van der Waals surface area (Å²) in [5, 5.41) is 1.96. The van der Waals surface area contributed by atoms with Gasteiger partial charge < -0.3 is 9.08 Å². The van der Waals surface area contributed by atoms with Crippen molar-refractivity contribution in [1.82, 2.24) is 4.90 Å². The number of amides is 1. The van der Waals surface area contributed by atoms with Gasteiger partial charge in [0.1, 0.15) is 10.6 Å². The summed E-state index contributed by atoms with van der Waals surface area (Å²) in [6.45, 7) is 4.07. The van der Waals surface area contributed by atoms with Gasteiger partial charge in [-0.25, -0.2) is 0 Å². The molecule has 5 nitrogen and oxygen atoms in total. The van der Waals surface area contributed by atoms with E-state index >= 15 is 0 Å². The average molecular weight is 542 g/mol. The normalized spacial score (nSPS) is 12.8. The topological polar surface area (TPSA) is 63.7 Å². The average Bonchev–Trinajstić information content (AvgIpc) is 2.90. The number of carbonyl (C=O) groups excluding carboxylic acids is 1. The summed E-state index contributed by atoms with van der Waals surface area (Å²) in [7, 11) is -4.52. The number of hydrogen-bond acceptors (Lipinski definition) is 4. The van der Waals surface area contributed by atoms with Crippen molar-refractivity contribution in [2.24, 2.45) is 0 Å². The molecule has 0 aromatic heterocycles. The smallest absolute Gasteiger partial charge is 0.379 e. The van der Waals surface area contributed by atoms with E-state index in [1.165, 1.54) is 12.1 Å². The number of carbonyl (C=O) groups is 1. The summed E-state index contributed by atoms with van der Waals surface area (Å²) < 4.78 is 69.7. The first kappa shape index (κ1) is 27.2. The van der Waals surface area contributed by atoms with Gasteiger partial charge in [-0.15, -0.1) is 0 Å². The van der Waals surface area contributed by atoms with Crippen LogP contribution in [0.15, 0.2) is 95.9 Å². The number of benzene rings is 4. The summed E-state index contributed by atoms with van der Waals surface area (Å²) in [4.78, 5) is 14.6. The van der Waals surface area contributed by atoms with E-state index in [4.69, 9.17) is 4.18 Å². The molecule has 0 N–H and O–H groups in total. The lowest BCUT2D eigenvalue weighted by molar-refractivity contribution is -0.137. The van der Waals surface area contributed by atoms with Crippen molar-refractivity contribution in [2.75, 3.05) is 0 Å². The van der Waals surface area contributed by atoms with E-state index in [-0.39, 0.29) is 24.2 Å². The van der Waals surface area contributed by atoms with Crippen molar-refractivity contribution in [1.29, 1.82) is 0 Å². The van der Waals surface area contributed by atoms with Crippen LogP contribution in [0, 0.1) is 0 Å². The fraction of sp³-hybridized carbons (Fsp3) is 0.207. The first-order valence-electron chi connectivity index (χ1n) is 12.0.